The zero-order chi connectivity index (χ0) is 7.94. The summed E-state index contributed by atoms with van der Waals surface area (Å²) in [6, 6.07) is 0. The first-order valence-corrected chi connectivity index (χ1v) is 4.04. The van der Waals surface area contributed by atoms with E-state index in [4.69, 9.17) is 4.74 Å². The van der Waals surface area contributed by atoms with Crippen LogP contribution in [0.25, 0.3) is 0 Å². The highest BCUT2D eigenvalue weighted by molar-refractivity contribution is 5.01. The molecule has 0 aromatic carbocycles. The van der Waals surface area contributed by atoms with Crippen LogP contribution in [0.3, 0.4) is 0 Å². The summed E-state index contributed by atoms with van der Waals surface area (Å²) >= 11 is 0. The Kier molecular flexibility index (Phi) is 3.76. The van der Waals surface area contributed by atoms with Crippen molar-refractivity contribution in [2.75, 3.05) is 19.7 Å². The lowest BCUT2D eigenvalue weighted by atomic mass is 10.1. The molecule has 2 heteroatoms. The van der Waals surface area contributed by atoms with Crippen molar-refractivity contribution in [2.24, 2.45) is 0 Å². The van der Waals surface area contributed by atoms with E-state index in [0.29, 0.717) is 6.61 Å². The van der Waals surface area contributed by atoms with E-state index < -0.39 is 0 Å². The van der Waals surface area contributed by atoms with Crippen LogP contribution in [0.1, 0.15) is 12.8 Å². The molecule has 0 radical (unpaired) electrons. The van der Waals surface area contributed by atoms with Crippen LogP contribution in [-0.2, 0) is 4.74 Å². The van der Waals surface area contributed by atoms with Gasteiger partial charge in [0, 0.05) is 0 Å². The summed E-state index contributed by atoms with van der Waals surface area (Å²) in [6.45, 7) is 6.37. The molecule has 0 aromatic rings. The van der Waals surface area contributed by atoms with Gasteiger partial charge in [0.05, 0.1) is 6.26 Å². The van der Waals surface area contributed by atoms with Gasteiger partial charge in [-0.25, -0.2) is 0 Å². The van der Waals surface area contributed by atoms with Crippen molar-refractivity contribution in [2.45, 2.75) is 12.8 Å². The summed E-state index contributed by atoms with van der Waals surface area (Å²) in [7, 11) is 0. The first-order chi connectivity index (χ1) is 5.43. The second-order valence-electron chi connectivity index (χ2n) is 2.65. The van der Waals surface area contributed by atoms with E-state index in [-0.39, 0.29) is 0 Å². The summed E-state index contributed by atoms with van der Waals surface area (Å²) < 4.78 is 5.21. The van der Waals surface area contributed by atoms with E-state index in [1.807, 2.05) is 6.26 Å². The number of rotatable bonds is 3. The molecule has 2 nitrogen and oxygen atoms in total. The van der Waals surface area contributed by atoms with Crippen LogP contribution in [0.5, 0.6) is 0 Å². The van der Waals surface area contributed by atoms with Crippen LogP contribution in [0.2, 0.25) is 0 Å². The highest BCUT2D eigenvalue weighted by Gasteiger charge is 2.03. The van der Waals surface area contributed by atoms with E-state index in [2.05, 4.69) is 11.9 Å². The molecule has 0 spiro atoms. The van der Waals surface area contributed by atoms with Gasteiger partial charge in [0.2, 0.25) is 0 Å². The van der Waals surface area contributed by atoms with Gasteiger partial charge in [-0.2, -0.15) is 0 Å². The third-order valence-corrected chi connectivity index (χ3v) is 1.71. The molecule has 0 atom stereocenters. The Bertz CT molecular complexity index is 144. The highest BCUT2D eigenvalue weighted by Crippen LogP contribution is 2.09. The average molecular weight is 153 g/mol. The lowest BCUT2D eigenvalue weighted by Gasteiger charge is -2.14. The first-order valence-electron chi connectivity index (χ1n) is 4.04. The molecule has 0 aliphatic carbocycles. The van der Waals surface area contributed by atoms with Gasteiger partial charge in [-0.15, -0.1) is 0 Å². The van der Waals surface area contributed by atoms with Crippen molar-refractivity contribution in [3.63, 3.8) is 0 Å². The van der Waals surface area contributed by atoms with Crippen LogP contribution in [-0.4, -0.2) is 19.7 Å². The Morgan fingerprint density at radius 2 is 2.18 bits per heavy atom. The van der Waals surface area contributed by atoms with Crippen molar-refractivity contribution < 1.29 is 4.74 Å². The Balaban J connectivity index is 2.20. The van der Waals surface area contributed by atoms with Crippen LogP contribution in [0.15, 0.2) is 24.5 Å². The first kappa shape index (κ1) is 8.34. The molecule has 1 aliphatic heterocycles. The Morgan fingerprint density at radius 1 is 1.45 bits per heavy atom. The second kappa shape index (κ2) is 4.97. The van der Waals surface area contributed by atoms with E-state index >= 15 is 0 Å². The lowest BCUT2D eigenvalue weighted by Crippen LogP contribution is -2.23. The quantitative estimate of drug-likeness (QED) is 0.376. The Labute approximate surface area is 67.9 Å². The van der Waals surface area contributed by atoms with Crippen LogP contribution >= 0.6 is 0 Å². The molecule has 1 fully saturated rings. The molecule has 62 valence electrons. The third-order valence-electron chi connectivity index (χ3n) is 1.71. The van der Waals surface area contributed by atoms with Crippen molar-refractivity contribution in [3.8, 4) is 0 Å². The predicted octanol–water partition coefficient (Wildman–Crippen LogP) is 1.46. The van der Waals surface area contributed by atoms with Crippen LogP contribution in [0, 0.1) is 0 Å². The molecule has 0 saturated carbocycles. The molecular weight excluding hydrogens is 138 g/mol. The van der Waals surface area contributed by atoms with Crippen LogP contribution < -0.4 is 5.32 Å². The minimum atomic E-state index is 0.622. The normalized spacial score (nSPS) is 17.6. The molecule has 1 heterocycles. The zero-order valence-corrected chi connectivity index (χ0v) is 6.81. The molecule has 11 heavy (non-hydrogen) atoms. The Hall–Kier alpha value is -0.760. The second-order valence-corrected chi connectivity index (χ2v) is 2.65. The fraction of sp³-hybridized carbons (Fsp3) is 0.556. The maximum atomic E-state index is 5.21. The van der Waals surface area contributed by atoms with E-state index in [0.717, 1.165) is 25.9 Å². The number of nitrogens with one attached hydrogen (secondary N) is 1. The monoisotopic (exact) mass is 153 g/mol. The predicted molar refractivity (Wildman–Crippen MR) is 46.3 cm³/mol. The van der Waals surface area contributed by atoms with E-state index in [1.54, 1.807) is 6.08 Å². The summed E-state index contributed by atoms with van der Waals surface area (Å²) in [5.74, 6) is 0. The summed E-state index contributed by atoms with van der Waals surface area (Å²) in [6.07, 6.45) is 5.88. The number of piperidine rings is 1. The average Bonchev–Trinajstić information content (AvgIpc) is 2.07. The molecule has 1 aliphatic rings. The molecule has 1 saturated heterocycles. The Morgan fingerprint density at radius 3 is 2.82 bits per heavy atom. The zero-order valence-electron chi connectivity index (χ0n) is 6.81. The van der Waals surface area contributed by atoms with Crippen LogP contribution in [0.4, 0.5) is 0 Å². The van der Waals surface area contributed by atoms with Crippen molar-refractivity contribution in [3.05, 3.63) is 24.5 Å². The topological polar surface area (TPSA) is 21.3 Å². The van der Waals surface area contributed by atoms with Gasteiger partial charge < -0.3 is 10.1 Å². The van der Waals surface area contributed by atoms with Gasteiger partial charge in [0.1, 0.15) is 6.61 Å². The van der Waals surface area contributed by atoms with E-state index in [1.165, 1.54) is 5.57 Å². The molecule has 1 rings (SSSR count). The van der Waals surface area contributed by atoms with Gasteiger partial charge >= 0.3 is 0 Å². The maximum Gasteiger partial charge on any atom is 0.105 e. The standard InChI is InChI=1S/C9H15NO/c1-2-7-11-8-9-3-5-10-6-4-9/h2,8,10H,1,3-7H2. The molecule has 0 unspecified atom stereocenters. The SMILES string of the molecule is C=CCOC=C1CCNCC1. The van der Waals surface area contributed by atoms with E-state index in [9.17, 15) is 0 Å². The van der Waals surface area contributed by atoms with Gasteiger partial charge in [0.25, 0.3) is 0 Å². The fourth-order valence-corrected chi connectivity index (χ4v) is 1.10. The summed E-state index contributed by atoms with van der Waals surface area (Å²) in [5, 5.41) is 3.29. The minimum Gasteiger partial charge on any atom is -0.497 e. The molecule has 0 amide bonds. The van der Waals surface area contributed by atoms with Gasteiger partial charge in [-0.1, -0.05) is 12.7 Å². The molecule has 0 aromatic heterocycles. The summed E-state index contributed by atoms with van der Waals surface area (Å²) in [4.78, 5) is 0. The maximum absolute atomic E-state index is 5.21. The lowest BCUT2D eigenvalue weighted by molar-refractivity contribution is 0.283. The summed E-state index contributed by atoms with van der Waals surface area (Å²) in [5.41, 5.74) is 1.41. The number of ether oxygens (including phenoxy) is 1. The minimum absolute atomic E-state index is 0.622. The largest absolute Gasteiger partial charge is 0.497 e. The highest BCUT2D eigenvalue weighted by atomic mass is 16.5. The van der Waals surface area contributed by atoms with Gasteiger partial charge in [-0.3, -0.25) is 0 Å². The third kappa shape index (κ3) is 3.23. The van der Waals surface area contributed by atoms with Gasteiger partial charge in [-0.05, 0) is 31.5 Å². The molecule has 1 N–H and O–H groups in total. The fourth-order valence-electron chi connectivity index (χ4n) is 1.10. The molecular formula is C9H15NO. The van der Waals surface area contributed by atoms with Crippen molar-refractivity contribution in [1.82, 2.24) is 5.32 Å². The van der Waals surface area contributed by atoms with Gasteiger partial charge in [0.15, 0.2) is 0 Å². The van der Waals surface area contributed by atoms with Crippen molar-refractivity contribution >= 4 is 0 Å². The smallest absolute Gasteiger partial charge is 0.105 e. The number of hydrogen-bond donors (Lipinski definition) is 1. The van der Waals surface area contributed by atoms with Crippen molar-refractivity contribution in [1.29, 1.82) is 0 Å². The molecule has 0 bridgehead atoms. The number of hydrogen-bond acceptors (Lipinski definition) is 2.